The van der Waals surface area contributed by atoms with Crippen molar-refractivity contribution >= 4 is 29.1 Å². The van der Waals surface area contributed by atoms with Crippen molar-refractivity contribution < 1.29 is 19.1 Å². The number of hydrogen-bond acceptors (Lipinski definition) is 5. The molecule has 1 aliphatic rings. The van der Waals surface area contributed by atoms with Gasteiger partial charge in [0.25, 0.3) is 5.91 Å². The molecule has 0 atom stereocenters. The second-order valence-electron chi connectivity index (χ2n) is 8.98. The standard InChI is InChI=1S/C27H36ClN3O4/c1-34-24-12-9-20(17-25(24)35-2)27(33)31(15-5-14-29)18-21-16-22(10-11-23(21)28)30-26(32)13-8-19-6-3-4-7-19/h9-12,16-17,19H,3-8,13-15,18,29H2,1-2H3,(H,30,32). The molecule has 0 aromatic heterocycles. The average Bonchev–Trinajstić information content (AvgIpc) is 3.40. The fourth-order valence-electron chi connectivity index (χ4n) is 4.52. The number of carbonyl (C=O) groups excluding carboxylic acids is 2. The van der Waals surface area contributed by atoms with Gasteiger partial charge in [-0.05, 0) is 67.3 Å². The number of nitrogens with one attached hydrogen (secondary N) is 1. The Labute approximate surface area is 212 Å². The van der Waals surface area contributed by atoms with Crippen molar-refractivity contribution in [2.75, 3.05) is 32.6 Å². The van der Waals surface area contributed by atoms with Crippen LogP contribution in [0, 0.1) is 5.92 Å². The van der Waals surface area contributed by atoms with Gasteiger partial charge in [0, 0.05) is 35.8 Å². The van der Waals surface area contributed by atoms with E-state index in [1.165, 1.54) is 32.8 Å². The number of nitrogens with two attached hydrogens (primary N) is 1. The van der Waals surface area contributed by atoms with E-state index in [0.29, 0.717) is 59.6 Å². The van der Waals surface area contributed by atoms with Gasteiger partial charge in [0.05, 0.1) is 14.2 Å². The molecule has 0 radical (unpaired) electrons. The third kappa shape index (κ3) is 7.61. The molecule has 0 bridgehead atoms. The minimum atomic E-state index is -0.165. The van der Waals surface area contributed by atoms with Crippen LogP contribution >= 0.6 is 11.6 Å². The Morgan fingerprint density at radius 1 is 1.09 bits per heavy atom. The molecule has 0 saturated heterocycles. The summed E-state index contributed by atoms with van der Waals surface area (Å²) in [5.41, 5.74) is 7.64. The topological polar surface area (TPSA) is 93.9 Å². The summed E-state index contributed by atoms with van der Waals surface area (Å²) in [6.45, 7) is 1.22. The molecule has 3 N–H and O–H groups in total. The molecule has 0 aliphatic heterocycles. The molecule has 0 spiro atoms. The zero-order valence-corrected chi connectivity index (χ0v) is 21.4. The Hall–Kier alpha value is -2.77. The zero-order chi connectivity index (χ0) is 25.2. The van der Waals surface area contributed by atoms with Gasteiger partial charge in [-0.2, -0.15) is 0 Å². The average molecular weight is 502 g/mol. The zero-order valence-electron chi connectivity index (χ0n) is 20.6. The SMILES string of the molecule is COc1ccc(C(=O)N(CCCN)Cc2cc(NC(=O)CCC3CCCC3)ccc2Cl)cc1OC. The second-order valence-corrected chi connectivity index (χ2v) is 9.39. The van der Waals surface area contributed by atoms with E-state index in [4.69, 9.17) is 26.8 Å². The van der Waals surface area contributed by atoms with E-state index in [2.05, 4.69) is 5.32 Å². The van der Waals surface area contributed by atoms with Crippen molar-refractivity contribution in [2.24, 2.45) is 11.7 Å². The highest BCUT2D eigenvalue weighted by Gasteiger charge is 2.20. The monoisotopic (exact) mass is 501 g/mol. The Morgan fingerprint density at radius 3 is 2.51 bits per heavy atom. The number of anilines is 1. The van der Waals surface area contributed by atoms with Crippen LogP contribution in [0.25, 0.3) is 0 Å². The van der Waals surface area contributed by atoms with E-state index in [9.17, 15) is 9.59 Å². The molecule has 8 heteroatoms. The summed E-state index contributed by atoms with van der Waals surface area (Å²) >= 11 is 6.48. The molecule has 190 valence electrons. The summed E-state index contributed by atoms with van der Waals surface area (Å²) in [6.07, 6.45) is 7.09. The number of ether oxygens (including phenoxy) is 2. The van der Waals surface area contributed by atoms with Gasteiger partial charge in [0.2, 0.25) is 5.91 Å². The molecule has 3 rings (SSSR count). The van der Waals surface area contributed by atoms with Crippen molar-refractivity contribution in [3.63, 3.8) is 0 Å². The highest BCUT2D eigenvalue weighted by Crippen LogP contribution is 2.30. The third-order valence-corrected chi connectivity index (χ3v) is 6.86. The Morgan fingerprint density at radius 2 is 1.83 bits per heavy atom. The van der Waals surface area contributed by atoms with Crippen LogP contribution in [0.4, 0.5) is 5.69 Å². The van der Waals surface area contributed by atoms with Crippen LogP contribution in [0.2, 0.25) is 5.02 Å². The molecule has 7 nitrogen and oxygen atoms in total. The summed E-state index contributed by atoms with van der Waals surface area (Å²) in [5.74, 6) is 1.54. The summed E-state index contributed by atoms with van der Waals surface area (Å²) in [5, 5.41) is 3.52. The smallest absolute Gasteiger partial charge is 0.254 e. The van der Waals surface area contributed by atoms with Crippen LogP contribution in [0.15, 0.2) is 36.4 Å². The summed E-state index contributed by atoms with van der Waals surface area (Å²) in [4.78, 5) is 27.6. The first-order valence-corrected chi connectivity index (χ1v) is 12.6. The van der Waals surface area contributed by atoms with Gasteiger partial charge in [0.1, 0.15) is 0 Å². The van der Waals surface area contributed by atoms with E-state index >= 15 is 0 Å². The Bertz CT molecular complexity index is 1010. The molecule has 1 saturated carbocycles. The number of benzene rings is 2. The van der Waals surface area contributed by atoms with Crippen LogP contribution < -0.4 is 20.5 Å². The first-order chi connectivity index (χ1) is 16.9. The van der Waals surface area contributed by atoms with Gasteiger partial charge >= 0.3 is 0 Å². The van der Waals surface area contributed by atoms with Crippen LogP contribution in [0.5, 0.6) is 11.5 Å². The highest BCUT2D eigenvalue weighted by molar-refractivity contribution is 6.31. The molecular weight excluding hydrogens is 466 g/mol. The maximum atomic E-state index is 13.4. The van der Waals surface area contributed by atoms with Gasteiger partial charge in [-0.15, -0.1) is 0 Å². The van der Waals surface area contributed by atoms with Crippen molar-refractivity contribution in [2.45, 2.75) is 51.5 Å². The molecule has 2 aromatic rings. The van der Waals surface area contributed by atoms with E-state index in [1.54, 1.807) is 42.3 Å². The number of halogens is 1. The number of amides is 2. The first-order valence-electron chi connectivity index (χ1n) is 12.2. The highest BCUT2D eigenvalue weighted by atomic mass is 35.5. The van der Waals surface area contributed by atoms with Gasteiger partial charge in [-0.1, -0.05) is 37.3 Å². The quantitative estimate of drug-likeness (QED) is 0.414. The second kappa shape index (κ2) is 13.4. The maximum Gasteiger partial charge on any atom is 0.254 e. The molecule has 35 heavy (non-hydrogen) atoms. The van der Waals surface area contributed by atoms with E-state index in [0.717, 1.165) is 12.0 Å². The van der Waals surface area contributed by atoms with Gasteiger partial charge < -0.3 is 25.4 Å². The fraction of sp³-hybridized carbons (Fsp3) is 0.481. The minimum absolute atomic E-state index is 0.00608. The molecule has 0 heterocycles. The van der Waals surface area contributed by atoms with Crippen molar-refractivity contribution in [1.29, 1.82) is 0 Å². The van der Waals surface area contributed by atoms with Gasteiger partial charge in [-0.25, -0.2) is 0 Å². The van der Waals surface area contributed by atoms with Crippen molar-refractivity contribution in [3.8, 4) is 11.5 Å². The van der Waals surface area contributed by atoms with Gasteiger partial charge in [-0.3, -0.25) is 9.59 Å². The van der Waals surface area contributed by atoms with Crippen molar-refractivity contribution in [1.82, 2.24) is 4.90 Å². The molecular formula is C27H36ClN3O4. The molecule has 1 aliphatic carbocycles. The third-order valence-electron chi connectivity index (χ3n) is 6.49. The summed E-state index contributed by atoms with van der Waals surface area (Å²) in [7, 11) is 3.08. The predicted octanol–water partition coefficient (Wildman–Crippen LogP) is 5.26. The van der Waals surface area contributed by atoms with Crippen LogP contribution in [-0.4, -0.2) is 44.0 Å². The van der Waals surface area contributed by atoms with Crippen LogP contribution in [0.3, 0.4) is 0 Å². The van der Waals surface area contributed by atoms with E-state index in [-0.39, 0.29) is 18.4 Å². The maximum absolute atomic E-state index is 13.4. The van der Waals surface area contributed by atoms with Crippen LogP contribution in [-0.2, 0) is 11.3 Å². The lowest BCUT2D eigenvalue weighted by Gasteiger charge is -2.24. The van der Waals surface area contributed by atoms with Crippen LogP contribution in [0.1, 0.15) is 60.9 Å². The Balaban J connectivity index is 1.72. The molecule has 1 fully saturated rings. The lowest BCUT2D eigenvalue weighted by Crippen LogP contribution is -2.32. The van der Waals surface area contributed by atoms with E-state index in [1.807, 2.05) is 6.07 Å². The van der Waals surface area contributed by atoms with Crippen molar-refractivity contribution in [3.05, 3.63) is 52.5 Å². The predicted molar refractivity (Wildman–Crippen MR) is 139 cm³/mol. The Kier molecular flexibility index (Phi) is 10.2. The first kappa shape index (κ1) is 26.8. The molecule has 2 aromatic carbocycles. The molecule has 2 amide bonds. The number of carbonyl (C=O) groups is 2. The van der Waals surface area contributed by atoms with E-state index < -0.39 is 0 Å². The lowest BCUT2D eigenvalue weighted by atomic mass is 10.0. The summed E-state index contributed by atoms with van der Waals surface area (Å²) in [6, 6.07) is 10.5. The molecule has 0 unspecified atom stereocenters. The fourth-order valence-corrected chi connectivity index (χ4v) is 4.70. The lowest BCUT2D eigenvalue weighted by molar-refractivity contribution is -0.116. The number of hydrogen-bond donors (Lipinski definition) is 2. The van der Waals surface area contributed by atoms with Gasteiger partial charge in [0.15, 0.2) is 11.5 Å². The minimum Gasteiger partial charge on any atom is -0.493 e. The largest absolute Gasteiger partial charge is 0.493 e. The summed E-state index contributed by atoms with van der Waals surface area (Å²) < 4.78 is 10.6. The normalized spacial score (nSPS) is 13.5. The number of methoxy groups -OCH3 is 2. The number of rotatable bonds is 12. The number of nitrogens with zero attached hydrogens (tertiary/aromatic N) is 1.